The van der Waals surface area contributed by atoms with Crippen molar-refractivity contribution in [2.45, 2.75) is 43.9 Å². The van der Waals surface area contributed by atoms with Gasteiger partial charge in [-0.15, -0.1) is 24.8 Å². The normalized spacial score (nSPS) is 20.7. The Hall–Kier alpha value is -2.20. The molecule has 1 fully saturated rings. The molecular formula is C26H29Cl2NO2. The van der Waals surface area contributed by atoms with E-state index in [1.54, 1.807) is 7.11 Å². The Morgan fingerprint density at radius 3 is 2.39 bits per heavy atom. The van der Waals surface area contributed by atoms with Gasteiger partial charge in [0.15, 0.2) is 0 Å². The molecular weight excluding hydrogens is 429 g/mol. The molecule has 0 aliphatic heterocycles. The lowest BCUT2D eigenvalue weighted by Crippen LogP contribution is -2.22. The molecule has 3 aromatic carbocycles. The molecule has 0 spiro atoms. The van der Waals surface area contributed by atoms with Crippen LogP contribution < -0.4 is 14.8 Å². The number of nitrogens with one attached hydrogen (secondary N) is 1. The number of ether oxygens (including phenoxy) is 2. The Bertz CT molecular complexity index is 978. The molecule has 5 heteroatoms. The van der Waals surface area contributed by atoms with Gasteiger partial charge in [-0.3, -0.25) is 0 Å². The molecule has 0 aromatic heterocycles. The molecule has 0 saturated heterocycles. The molecule has 5 rings (SSSR count). The standard InChI is InChI=1S/C26H27NO2.2ClH/c1-28-22-13-9-20-10-14-25(23(20)15-22)27-26-16-24(26)19-7-11-21(12-8-19)29-17-18-5-3-2-4-6-18;;/h2-9,11-13,15,24-27H,10,14,16-17H2,1H3;2*1H/t24-,25?,26+;;/m0../s1. The average molecular weight is 458 g/mol. The van der Waals surface area contributed by atoms with E-state index in [4.69, 9.17) is 9.47 Å². The minimum absolute atomic E-state index is 0. The zero-order chi connectivity index (χ0) is 19.6. The smallest absolute Gasteiger partial charge is 0.119 e. The van der Waals surface area contributed by atoms with Crippen LogP contribution in [0.15, 0.2) is 72.8 Å². The Morgan fingerprint density at radius 1 is 0.903 bits per heavy atom. The molecule has 1 unspecified atom stereocenters. The van der Waals surface area contributed by atoms with Crippen molar-refractivity contribution < 1.29 is 9.47 Å². The Balaban J connectivity index is 0.00000136. The number of fused-ring (bicyclic) bond motifs is 1. The molecule has 1 saturated carbocycles. The van der Waals surface area contributed by atoms with Crippen LogP contribution in [-0.4, -0.2) is 13.2 Å². The maximum atomic E-state index is 5.92. The lowest BCUT2D eigenvalue weighted by atomic mass is 10.1. The number of halogens is 2. The summed E-state index contributed by atoms with van der Waals surface area (Å²) in [5.74, 6) is 2.49. The van der Waals surface area contributed by atoms with Gasteiger partial charge in [0.25, 0.3) is 0 Å². The molecule has 31 heavy (non-hydrogen) atoms. The van der Waals surface area contributed by atoms with Crippen molar-refractivity contribution >= 4 is 24.8 Å². The lowest BCUT2D eigenvalue weighted by molar-refractivity contribution is 0.306. The van der Waals surface area contributed by atoms with Gasteiger partial charge >= 0.3 is 0 Å². The third kappa shape index (κ3) is 5.35. The predicted octanol–water partition coefficient (Wildman–Crippen LogP) is 6.25. The maximum Gasteiger partial charge on any atom is 0.119 e. The van der Waals surface area contributed by atoms with Crippen molar-refractivity contribution in [3.8, 4) is 11.5 Å². The van der Waals surface area contributed by atoms with Gasteiger partial charge in [0, 0.05) is 18.0 Å². The van der Waals surface area contributed by atoms with Crippen LogP contribution in [0.25, 0.3) is 0 Å². The fraction of sp³-hybridized carbons (Fsp3) is 0.308. The molecule has 0 radical (unpaired) electrons. The second-order valence-corrected chi connectivity index (χ2v) is 8.11. The predicted molar refractivity (Wildman–Crippen MR) is 130 cm³/mol. The van der Waals surface area contributed by atoms with Crippen LogP contribution in [0.1, 0.15) is 47.1 Å². The van der Waals surface area contributed by atoms with E-state index in [-0.39, 0.29) is 24.8 Å². The highest BCUT2D eigenvalue weighted by molar-refractivity contribution is 5.85. The Morgan fingerprint density at radius 2 is 1.65 bits per heavy atom. The number of rotatable bonds is 7. The van der Waals surface area contributed by atoms with Crippen LogP contribution in [0.2, 0.25) is 0 Å². The zero-order valence-corrected chi connectivity index (χ0v) is 19.3. The number of aryl methyl sites for hydroxylation is 1. The summed E-state index contributed by atoms with van der Waals surface area (Å²) in [6.07, 6.45) is 3.54. The second-order valence-electron chi connectivity index (χ2n) is 8.11. The van der Waals surface area contributed by atoms with Gasteiger partial charge in [-0.25, -0.2) is 0 Å². The zero-order valence-electron chi connectivity index (χ0n) is 17.6. The molecule has 0 bridgehead atoms. The van der Waals surface area contributed by atoms with Crippen molar-refractivity contribution in [3.63, 3.8) is 0 Å². The van der Waals surface area contributed by atoms with Gasteiger partial charge in [0.1, 0.15) is 18.1 Å². The van der Waals surface area contributed by atoms with Crippen molar-refractivity contribution in [2.24, 2.45) is 0 Å². The van der Waals surface area contributed by atoms with Gasteiger partial charge < -0.3 is 14.8 Å². The first-order chi connectivity index (χ1) is 14.3. The van der Waals surface area contributed by atoms with Crippen molar-refractivity contribution in [3.05, 3.63) is 95.1 Å². The van der Waals surface area contributed by atoms with Crippen LogP contribution >= 0.6 is 24.8 Å². The van der Waals surface area contributed by atoms with E-state index >= 15 is 0 Å². The molecule has 0 heterocycles. The summed E-state index contributed by atoms with van der Waals surface area (Å²) in [6.45, 7) is 0.609. The molecule has 3 nitrogen and oxygen atoms in total. The van der Waals surface area contributed by atoms with Crippen molar-refractivity contribution in [2.75, 3.05) is 7.11 Å². The lowest BCUT2D eigenvalue weighted by Gasteiger charge is -2.15. The van der Waals surface area contributed by atoms with Crippen LogP contribution in [0.5, 0.6) is 11.5 Å². The van der Waals surface area contributed by atoms with E-state index in [9.17, 15) is 0 Å². The molecule has 164 valence electrons. The largest absolute Gasteiger partial charge is 0.497 e. The summed E-state index contributed by atoms with van der Waals surface area (Å²) >= 11 is 0. The quantitative estimate of drug-likeness (QED) is 0.454. The van der Waals surface area contributed by atoms with Crippen LogP contribution in [0.3, 0.4) is 0 Å². The van der Waals surface area contributed by atoms with Gasteiger partial charge in [0.2, 0.25) is 0 Å². The second kappa shape index (κ2) is 10.4. The third-order valence-electron chi connectivity index (χ3n) is 6.19. The number of benzene rings is 3. The van der Waals surface area contributed by atoms with E-state index < -0.39 is 0 Å². The monoisotopic (exact) mass is 457 g/mol. The highest BCUT2D eigenvalue weighted by Crippen LogP contribution is 2.44. The topological polar surface area (TPSA) is 30.5 Å². The number of methoxy groups -OCH3 is 1. The Labute approximate surface area is 197 Å². The summed E-state index contributed by atoms with van der Waals surface area (Å²) in [6, 6.07) is 26.4. The van der Waals surface area contributed by atoms with E-state index in [1.165, 1.54) is 35.1 Å². The van der Waals surface area contributed by atoms with Crippen molar-refractivity contribution in [1.82, 2.24) is 5.32 Å². The fourth-order valence-electron chi connectivity index (χ4n) is 4.44. The third-order valence-corrected chi connectivity index (χ3v) is 6.19. The molecule has 3 atom stereocenters. The first-order valence-electron chi connectivity index (χ1n) is 10.5. The highest BCUT2D eigenvalue weighted by atomic mass is 35.5. The van der Waals surface area contributed by atoms with E-state index in [2.05, 4.69) is 59.9 Å². The van der Waals surface area contributed by atoms with Crippen LogP contribution in [0.4, 0.5) is 0 Å². The minimum Gasteiger partial charge on any atom is -0.497 e. The van der Waals surface area contributed by atoms with Crippen molar-refractivity contribution in [1.29, 1.82) is 0 Å². The first-order valence-corrected chi connectivity index (χ1v) is 10.5. The maximum absolute atomic E-state index is 5.92. The molecule has 2 aliphatic rings. The average Bonchev–Trinajstić information content (AvgIpc) is 3.44. The number of hydrogen-bond acceptors (Lipinski definition) is 3. The molecule has 3 aromatic rings. The van der Waals surface area contributed by atoms with Gasteiger partial charge in [-0.05, 0) is 65.8 Å². The highest BCUT2D eigenvalue weighted by Gasteiger charge is 2.40. The first kappa shape index (κ1) is 23.5. The Kier molecular flexibility index (Phi) is 7.88. The summed E-state index contributed by atoms with van der Waals surface area (Å²) in [5, 5.41) is 3.88. The SMILES string of the molecule is COc1ccc2c(c1)C(N[C@@H]1C[C@H]1c1ccc(OCc3ccccc3)cc1)CC2.Cl.Cl. The molecule has 1 N–H and O–H groups in total. The number of hydrogen-bond donors (Lipinski definition) is 1. The van der Waals surface area contributed by atoms with Crippen LogP contribution in [-0.2, 0) is 13.0 Å². The summed E-state index contributed by atoms with van der Waals surface area (Å²) in [4.78, 5) is 0. The van der Waals surface area contributed by atoms with Gasteiger partial charge in [-0.2, -0.15) is 0 Å². The molecule has 0 amide bonds. The van der Waals surface area contributed by atoms with Gasteiger partial charge in [0.05, 0.1) is 7.11 Å². The summed E-state index contributed by atoms with van der Waals surface area (Å²) < 4.78 is 11.3. The van der Waals surface area contributed by atoms with E-state index in [1.807, 2.05) is 18.2 Å². The summed E-state index contributed by atoms with van der Waals surface area (Å²) in [7, 11) is 1.74. The van der Waals surface area contributed by atoms with Crippen LogP contribution in [0, 0.1) is 0 Å². The minimum atomic E-state index is 0. The summed E-state index contributed by atoms with van der Waals surface area (Å²) in [5.41, 5.74) is 5.47. The van der Waals surface area contributed by atoms with E-state index in [0.717, 1.165) is 17.9 Å². The molecule has 2 aliphatic carbocycles. The van der Waals surface area contributed by atoms with Gasteiger partial charge in [-0.1, -0.05) is 48.5 Å². The van der Waals surface area contributed by atoms with E-state index in [0.29, 0.717) is 24.6 Å². The fourth-order valence-corrected chi connectivity index (χ4v) is 4.44.